The molecule has 0 saturated carbocycles. The van der Waals surface area contributed by atoms with Gasteiger partial charge in [-0.25, -0.2) is 0 Å². The minimum absolute atomic E-state index is 0.0418. The number of fused-ring (bicyclic) bond motifs is 3. The fraction of sp³-hybridized carbons (Fsp3) is 0.125. The van der Waals surface area contributed by atoms with Gasteiger partial charge in [0.2, 0.25) is 0 Å². The Hall–Kier alpha value is -5.94. The predicted octanol–water partition coefficient (Wildman–Crippen LogP) is 10.8. The van der Waals surface area contributed by atoms with Crippen molar-refractivity contribution in [3.05, 3.63) is 198 Å². The second-order valence-electron chi connectivity index (χ2n) is 14.1. The third-order valence-electron chi connectivity index (χ3n) is 10.5. The Bertz CT molecular complexity index is 2450. The Morgan fingerprint density at radius 1 is 0.442 bits per heavy atom. The van der Waals surface area contributed by atoms with E-state index in [1.807, 2.05) is 0 Å². The lowest BCUT2D eigenvalue weighted by molar-refractivity contribution is 0.431. The van der Waals surface area contributed by atoms with Crippen molar-refractivity contribution < 1.29 is 0 Å². The maximum atomic E-state index is 3.96. The molecule has 0 fully saturated rings. The molecule has 0 aromatic heterocycles. The third-order valence-corrected chi connectivity index (χ3v) is 10.5. The molecule has 4 N–H and O–H groups in total. The number of allylic oxidation sites excluding steroid dienone is 1. The molecule has 7 aromatic rings. The molecule has 254 valence electrons. The van der Waals surface area contributed by atoms with Crippen LogP contribution in [0, 0.1) is 0 Å². The highest BCUT2D eigenvalue weighted by molar-refractivity contribution is 6.13. The van der Waals surface area contributed by atoms with E-state index in [0.29, 0.717) is 0 Å². The molecule has 0 amide bonds. The molecule has 4 atom stereocenters. The van der Waals surface area contributed by atoms with Crippen LogP contribution in [-0.2, 0) is 0 Å². The summed E-state index contributed by atoms with van der Waals surface area (Å²) in [5.41, 5.74) is 12.0. The zero-order valence-electron chi connectivity index (χ0n) is 29.5. The fourth-order valence-electron chi connectivity index (χ4n) is 7.97. The lowest BCUT2D eigenvalue weighted by Gasteiger charge is -2.33. The first-order chi connectivity index (χ1) is 25.6. The lowest BCUT2D eigenvalue weighted by atomic mass is 9.88. The molecule has 0 aliphatic carbocycles. The van der Waals surface area contributed by atoms with Crippen molar-refractivity contribution in [2.45, 2.75) is 38.3 Å². The van der Waals surface area contributed by atoms with Gasteiger partial charge >= 0.3 is 0 Å². The molecule has 52 heavy (non-hydrogen) atoms. The van der Waals surface area contributed by atoms with E-state index in [2.05, 4.69) is 205 Å². The van der Waals surface area contributed by atoms with E-state index in [0.717, 1.165) is 5.70 Å². The molecule has 0 radical (unpaired) electrons. The maximum Gasteiger partial charge on any atom is 0.104 e. The zero-order chi connectivity index (χ0) is 35.0. The summed E-state index contributed by atoms with van der Waals surface area (Å²) < 4.78 is 0. The largest absolute Gasteiger partial charge is 0.374 e. The molecule has 0 spiro atoms. The van der Waals surface area contributed by atoms with E-state index in [9.17, 15) is 0 Å². The summed E-state index contributed by atoms with van der Waals surface area (Å²) in [6, 6.07) is 57.6. The molecule has 4 unspecified atom stereocenters. The Morgan fingerprint density at radius 3 is 1.87 bits per heavy atom. The standard InChI is InChI=1S/C48H42N4/c1-31-25-45(50-32(2)49-31)35-23-21-33(22-24-35)38-26-39(44-29-37-17-9-10-18-41(37)42-19-11-12-20-43(42)44)28-40(27-38)47-30-46(34-13-5-3-6-14-34)51-48(52-47)36-15-7-4-8-16-36/h3-30,32,45,47-52H,1-2H3. The average Bonchev–Trinajstić information content (AvgIpc) is 3.20. The van der Waals surface area contributed by atoms with Gasteiger partial charge in [0.25, 0.3) is 0 Å². The van der Waals surface area contributed by atoms with Crippen molar-refractivity contribution in [2.24, 2.45) is 0 Å². The minimum Gasteiger partial charge on any atom is -0.374 e. The summed E-state index contributed by atoms with van der Waals surface area (Å²) in [6.45, 7) is 4.30. The third kappa shape index (κ3) is 6.28. The van der Waals surface area contributed by atoms with Crippen LogP contribution in [0.15, 0.2) is 176 Å². The Labute approximate surface area is 305 Å². The van der Waals surface area contributed by atoms with Crippen molar-refractivity contribution in [3.8, 4) is 22.3 Å². The monoisotopic (exact) mass is 674 g/mol. The van der Waals surface area contributed by atoms with Gasteiger partial charge in [-0.05, 0) is 116 Å². The van der Waals surface area contributed by atoms with Gasteiger partial charge in [-0.15, -0.1) is 0 Å². The van der Waals surface area contributed by atoms with Crippen LogP contribution in [0.5, 0.6) is 0 Å². The summed E-state index contributed by atoms with van der Waals surface area (Å²) >= 11 is 0. The van der Waals surface area contributed by atoms with Gasteiger partial charge in [0.15, 0.2) is 0 Å². The zero-order valence-corrected chi connectivity index (χ0v) is 29.5. The molecular weight excluding hydrogens is 633 g/mol. The van der Waals surface area contributed by atoms with Gasteiger partial charge < -0.3 is 10.6 Å². The van der Waals surface area contributed by atoms with Crippen LogP contribution in [-0.4, -0.2) is 6.17 Å². The SMILES string of the molecule is CC1=CC(c2ccc(-c3cc(-c4cc5ccccc5c5ccccc45)cc(C4C=C(c5ccccc5)NC(c5ccccc5)N4)c3)cc2)NC(C)N1. The van der Waals surface area contributed by atoms with Crippen LogP contribution in [0.1, 0.15) is 54.4 Å². The molecule has 0 bridgehead atoms. The van der Waals surface area contributed by atoms with Gasteiger partial charge in [0, 0.05) is 11.4 Å². The lowest BCUT2D eigenvalue weighted by Crippen LogP contribution is -2.44. The highest BCUT2D eigenvalue weighted by Gasteiger charge is 2.25. The quantitative estimate of drug-likeness (QED) is 0.133. The van der Waals surface area contributed by atoms with Crippen LogP contribution in [0.2, 0.25) is 0 Å². The van der Waals surface area contributed by atoms with Crippen LogP contribution in [0.3, 0.4) is 0 Å². The number of hydrogen-bond acceptors (Lipinski definition) is 4. The van der Waals surface area contributed by atoms with Crippen molar-refractivity contribution >= 4 is 27.2 Å². The van der Waals surface area contributed by atoms with Crippen molar-refractivity contribution in [2.75, 3.05) is 0 Å². The van der Waals surface area contributed by atoms with Crippen LogP contribution in [0.4, 0.5) is 0 Å². The van der Waals surface area contributed by atoms with Crippen LogP contribution in [0.25, 0.3) is 49.5 Å². The normalized spacial score (nSPS) is 20.1. The molecule has 4 nitrogen and oxygen atoms in total. The van der Waals surface area contributed by atoms with Gasteiger partial charge in [-0.1, -0.05) is 133 Å². The number of rotatable bonds is 6. The van der Waals surface area contributed by atoms with Gasteiger partial charge in [0.05, 0.1) is 18.2 Å². The second-order valence-corrected chi connectivity index (χ2v) is 14.1. The summed E-state index contributed by atoms with van der Waals surface area (Å²) in [7, 11) is 0. The van der Waals surface area contributed by atoms with E-state index < -0.39 is 0 Å². The van der Waals surface area contributed by atoms with E-state index in [4.69, 9.17) is 0 Å². The first-order valence-electron chi connectivity index (χ1n) is 18.3. The molecule has 7 aromatic carbocycles. The second kappa shape index (κ2) is 13.6. The van der Waals surface area contributed by atoms with Gasteiger partial charge in [0.1, 0.15) is 6.17 Å². The number of nitrogens with one attached hydrogen (secondary N) is 4. The summed E-state index contributed by atoms with van der Waals surface area (Å²) in [5.74, 6) is 0. The number of benzene rings is 7. The molecule has 0 saturated heterocycles. The maximum absolute atomic E-state index is 3.96. The minimum atomic E-state index is -0.0596. The average molecular weight is 675 g/mol. The molecule has 2 heterocycles. The van der Waals surface area contributed by atoms with Crippen molar-refractivity contribution in [3.63, 3.8) is 0 Å². The van der Waals surface area contributed by atoms with E-state index >= 15 is 0 Å². The Morgan fingerprint density at radius 2 is 1.10 bits per heavy atom. The summed E-state index contributed by atoms with van der Waals surface area (Å²) in [6.07, 6.45) is 4.77. The highest BCUT2D eigenvalue weighted by Crippen LogP contribution is 2.40. The first kappa shape index (κ1) is 32.0. The number of hydrogen-bond donors (Lipinski definition) is 4. The van der Waals surface area contributed by atoms with E-state index in [-0.39, 0.29) is 24.4 Å². The van der Waals surface area contributed by atoms with E-state index in [1.165, 1.54) is 71.7 Å². The molecular formula is C48H42N4. The fourth-order valence-corrected chi connectivity index (χ4v) is 7.97. The summed E-state index contributed by atoms with van der Waals surface area (Å²) in [5, 5.41) is 19.9. The van der Waals surface area contributed by atoms with Gasteiger partial charge in [-0.2, -0.15) is 0 Å². The van der Waals surface area contributed by atoms with Crippen molar-refractivity contribution in [1.29, 1.82) is 0 Å². The van der Waals surface area contributed by atoms with Crippen molar-refractivity contribution in [1.82, 2.24) is 21.3 Å². The first-order valence-corrected chi connectivity index (χ1v) is 18.3. The Balaban J connectivity index is 1.21. The highest BCUT2D eigenvalue weighted by atomic mass is 15.2. The molecule has 2 aliphatic rings. The topological polar surface area (TPSA) is 48.1 Å². The molecule has 2 aliphatic heterocycles. The smallest absolute Gasteiger partial charge is 0.104 e. The molecule has 9 rings (SSSR count). The van der Waals surface area contributed by atoms with Crippen LogP contribution >= 0.6 is 0 Å². The predicted molar refractivity (Wildman–Crippen MR) is 217 cm³/mol. The summed E-state index contributed by atoms with van der Waals surface area (Å²) in [4.78, 5) is 0. The Kier molecular flexibility index (Phi) is 8.40. The van der Waals surface area contributed by atoms with Gasteiger partial charge in [-0.3, -0.25) is 10.6 Å². The van der Waals surface area contributed by atoms with E-state index in [1.54, 1.807) is 0 Å². The molecule has 4 heteroatoms. The van der Waals surface area contributed by atoms with Crippen LogP contribution < -0.4 is 21.3 Å².